The number of halogens is 2. The number of ether oxygens (including phenoxy) is 4. The SMILES string of the molecule is CC(C)(C)OC(=O)N(C(=O)OC(C)(C)C)N(C(=O)OC(C)(C)C)c1nc(Cl)nc(NC2CCOCC2)c1F. The van der Waals surface area contributed by atoms with Gasteiger partial charge in [-0.25, -0.2) is 14.4 Å². The number of hydrazine groups is 1. The number of nitrogens with one attached hydrogen (secondary N) is 1. The quantitative estimate of drug-likeness (QED) is 0.279. The topological polar surface area (TPSA) is 132 Å². The largest absolute Gasteiger partial charge is 0.442 e. The van der Waals surface area contributed by atoms with Crippen LogP contribution in [-0.4, -0.2) is 69.3 Å². The molecular weight excluding hydrogens is 525 g/mol. The summed E-state index contributed by atoms with van der Waals surface area (Å²) in [5.41, 5.74) is -3.32. The van der Waals surface area contributed by atoms with Crippen molar-refractivity contribution in [2.75, 3.05) is 23.5 Å². The zero-order valence-electron chi connectivity index (χ0n) is 23.3. The number of anilines is 2. The number of rotatable bonds is 3. The average Bonchev–Trinajstić information content (AvgIpc) is 2.71. The molecule has 0 radical (unpaired) electrons. The van der Waals surface area contributed by atoms with Gasteiger partial charge in [0, 0.05) is 19.3 Å². The van der Waals surface area contributed by atoms with Crippen LogP contribution in [0.2, 0.25) is 5.28 Å². The third kappa shape index (κ3) is 9.43. The third-order valence-corrected chi connectivity index (χ3v) is 4.64. The van der Waals surface area contributed by atoms with E-state index in [1.807, 2.05) is 0 Å². The van der Waals surface area contributed by atoms with Gasteiger partial charge in [0.15, 0.2) is 5.82 Å². The van der Waals surface area contributed by atoms with E-state index in [0.717, 1.165) is 0 Å². The number of nitrogens with zero attached hydrogens (tertiary/aromatic N) is 4. The van der Waals surface area contributed by atoms with E-state index in [9.17, 15) is 14.4 Å². The Morgan fingerprint density at radius 3 is 1.76 bits per heavy atom. The molecule has 12 nitrogen and oxygen atoms in total. The van der Waals surface area contributed by atoms with E-state index in [2.05, 4.69) is 15.3 Å². The van der Waals surface area contributed by atoms with Gasteiger partial charge in [-0.3, -0.25) is 0 Å². The second-order valence-corrected chi connectivity index (χ2v) is 11.9. The maximum atomic E-state index is 16.0. The Bertz CT molecular complexity index is 1000. The van der Waals surface area contributed by atoms with Crippen molar-refractivity contribution in [1.82, 2.24) is 15.0 Å². The molecule has 1 aliphatic heterocycles. The van der Waals surface area contributed by atoms with Crippen LogP contribution in [0.25, 0.3) is 0 Å². The van der Waals surface area contributed by atoms with Gasteiger partial charge in [-0.1, -0.05) is 0 Å². The molecule has 0 aliphatic carbocycles. The zero-order chi connectivity index (χ0) is 29.1. The predicted octanol–water partition coefficient (Wildman–Crippen LogP) is 5.69. The van der Waals surface area contributed by atoms with Crippen LogP contribution in [0.4, 0.5) is 30.4 Å². The smallest absolute Gasteiger partial charge is 0.440 e. The summed E-state index contributed by atoms with van der Waals surface area (Å²) in [4.78, 5) is 47.8. The molecule has 1 aromatic heterocycles. The first-order chi connectivity index (χ1) is 17.3. The van der Waals surface area contributed by atoms with Gasteiger partial charge in [-0.15, -0.1) is 10.0 Å². The zero-order valence-corrected chi connectivity index (χ0v) is 24.1. The maximum absolute atomic E-state index is 16.0. The van der Waals surface area contributed by atoms with Crippen molar-refractivity contribution in [1.29, 1.82) is 0 Å². The fourth-order valence-corrected chi connectivity index (χ4v) is 3.26. The van der Waals surface area contributed by atoms with E-state index in [-0.39, 0.29) is 16.9 Å². The first-order valence-electron chi connectivity index (χ1n) is 12.1. The lowest BCUT2D eigenvalue weighted by molar-refractivity contribution is -0.00704. The highest BCUT2D eigenvalue weighted by atomic mass is 35.5. The van der Waals surface area contributed by atoms with E-state index < -0.39 is 52.0 Å². The fourth-order valence-electron chi connectivity index (χ4n) is 3.10. The lowest BCUT2D eigenvalue weighted by atomic mass is 10.1. The van der Waals surface area contributed by atoms with Gasteiger partial charge in [0.1, 0.15) is 16.8 Å². The molecule has 0 saturated carbocycles. The Morgan fingerprint density at radius 2 is 1.32 bits per heavy atom. The van der Waals surface area contributed by atoms with Crippen molar-refractivity contribution in [3.05, 3.63) is 11.1 Å². The molecule has 3 amide bonds. The monoisotopic (exact) mass is 561 g/mol. The Balaban J connectivity index is 2.70. The second kappa shape index (κ2) is 11.9. The summed E-state index contributed by atoms with van der Waals surface area (Å²) in [6.45, 7) is 14.9. The van der Waals surface area contributed by atoms with Gasteiger partial charge in [0.2, 0.25) is 16.9 Å². The van der Waals surface area contributed by atoms with Crippen molar-refractivity contribution >= 4 is 41.5 Å². The van der Waals surface area contributed by atoms with Crippen LogP contribution in [-0.2, 0) is 18.9 Å². The summed E-state index contributed by atoms with van der Waals surface area (Å²) in [5, 5.41) is 2.95. The van der Waals surface area contributed by atoms with Crippen molar-refractivity contribution in [3.8, 4) is 0 Å². The summed E-state index contributed by atoms with van der Waals surface area (Å²) >= 11 is 6.12. The Labute approximate surface area is 227 Å². The standard InChI is InChI=1S/C24H37ClFN5O7/c1-22(2,3)36-19(32)30(31(20(33)37-23(4,5)6)21(34)38-24(7,8)9)17-15(26)16(28-18(25)29-17)27-14-10-12-35-13-11-14/h14H,10-13H2,1-9H3,(H,27,28,29). The van der Waals surface area contributed by atoms with Gasteiger partial charge >= 0.3 is 18.3 Å². The Morgan fingerprint density at radius 1 is 0.868 bits per heavy atom. The minimum absolute atomic E-state index is 0.185. The molecule has 1 aromatic rings. The van der Waals surface area contributed by atoms with E-state index in [0.29, 0.717) is 31.1 Å². The minimum atomic E-state index is -1.34. The summed E-state index contributed by atoms with van der Waals surface area (Å²) in [6, 6.07) is -0.208. The summed E-state index contributed by atoms with van der Waals surface area (Å²) in [6.07, 6.45) is -2.88. The molecule has 1 N–H and O–H groups in total. The first kappa shape index (κ1) is 31.3. The van der Waals surface area contributed by atoms with Crippen LogP contribution in [0.15, 0.2) is 0 Å². The molecule has 2 heterocycles. The van der Waals surface area contributed by atoms with E-state index in [4.69, 9.17) is 30.5 Å². The van der Waals surface area contributed by atoms with Gasteiger partial charge in [0.05, 0.1) is 0 Å². The minimum Gasteiger partial charge on any atom is -0.442 e. The van der Waals surface area contributed by atoms with E-state index >= 15 is 4.39 Å². The van der Waals surface area contributed by atoms with Gasteiger partial charge in [0.25, 0.3) is 0 Å². The molecular formula is C24H37ClFN5O7. The van der Waals surface area contributed by atoms with Crippen LogP contribution >= 0.6 is 11.6 Å². The Hall–Kier alpha value is -2.93. The Kier molecular flexibility index (Phi) is 9.76. The highest BCUT2D eigenvalue weighted by Gasteiger charge is 2.44. The van der Waals surface area contributed by atoms with Crippen LogP contribution in [0.1, 0.15) is 75.2 Å². The maximum Gasteiger partial charge on any atom is 0.440 e. The molecule has 0 aromatic carbocycles. The normalized spacial score (nSPS) is 14.9. The molecule has 2 rings (SSSR count). The average molecular weight is 562 g/mol. The second-order valence-electron chi connectivity index (χ2n) is 11.6. The third-order valence-electron chi connectivity index (χ3n) is 4.47. The predicted molar refractivity (Wildman–Crippen MR) is 137 cm³/mol. The summed E-state index contributed by atoms with van der Waals surface area (Å²) < 4.78 is 37.4. The molecule has 1 aliphatic rings. The van der Waals surface area contributed by atoms with Crippen molar-refractivity contribution in [3.63, 3.8) is 0 Å². The number of imide groups is 1. The molecule has 0 bridgehead atoms. The summed E-state index contributed by atoms with van der Waals surface area (Å²) in [5.74, 6) is -2.33. The van der Waals surface area contributed by atoms with Crippen molar-refractivity contribution in [2.45, 2.75) is 98.0 Å². The van der Waals surface area contributed by atoms with Crippen molar-refractivity contribution in [2.24, 2.45) is 0 Å². The van der Waals surface area contributed by atoms with E-state index in [1.165, 1.54) is 0 Å². The fraction of sp³-hybridized carbons (Fsp3) is 0.708. The molecule has 1 fully saturated rings. The van der Waals surface area contributed by atoms with Crippen LogP contribution in [0, 0.1) is 5.82 Å². The van der Waals surface area contributed by atoms with Crippen LogP contribution < -0.4 is 10.3 Å². The van der Waals surface area contributed by atoms with Gasteiger partial charge in [-0.05, 0) is 86.8 Å². The molecule has 0 spiro atoms. The molecule has 1 saturated heterocycles. The molecule has 38 heavy (non-hydrogen) atoms. The highest BCUT2D eigenvalue weighted by molar-refractivity contribution is 6.28. The number of carbonyl (C=O) groups is 3. The summed E-state index contributed by atoms with van der Waals surface area (Å²) in [7, 11) is 0. The van der Waals surface area contributed by atoms with Crippen molar-refractivity contribution < 1.29 is 37.7 Å². The number of carbonyl (C=O) groups excluding carboxylic acids is 3. The lowest BCUT2D eigenvalue weighted by Gasteiger charge is -2.35. The first-order valence-corrected chi connectivity index (χ1v) is 12.5. The molecule has 14 heteroatoms. The highest BCUT2D eigenvalue weighted by Crippen LogP contribution is 2.30. The van der Waals surface area contributed by atoms with Crippen LogP contribution in [0.5, 0.6) is 0 Å². The number of aromatic nitrogens is 2. The van der Waals surface area contributed by atoms with E-state index in [1.54, 1.807) is 62.3 Å². The molecule has 0 unspecified atom stereocenters. The van der Waals surface area contributed by atoms with Crippen LogP contribution in [0.3, 0.4) is 0 Å². The molecule has 214 valence electrons. The lowest BCUT2D eigenvalue weighted by Crippen LogP contribution is -2.57. The van der Waals surface area contributed by atoms with Gasteiger partial charge in [-0.2, -0.15) is 14.4 Å². The van der Waals surface area contributed by atoms with Gasteiger partial charge < -0.3 is 24.3 Å². The number of hydrogen-bond donors (Lipinski definition) is 1. The molecule has 0 atom stereocenters. The number of amides is 3. The number of hydrogen-bond acceptors (Lipinski definition) is 10.